The van der Waals surface area contributed by atoms with Crippen LogP contribution in [-0.4, -0.2) is 37.4 Å². The molecule has 1 aliphatic heterocycles. The van der Waals surface area contributed by atoms with E-state index in [0.29, 0.717) is 11.3 Å². The number of ketones is 1. The summed E-state index contributed by atoms with van der Waals surface area (Å²) in [5, 5.41) is 11.4. The first-order chi connectivity index (χ1) is 17.5. The number of ether oxygens (including phenoxy) is 3. The van der Waals surface area contributed by atoms with Crippen molar-refractivity contribution in [3.63, 3.8) is 0 Å². The van der Waals surface area contributed by atoms with Crippen LogP contribution in [0, 0.1) is 6.92 Å². The van der Waals surface area contributed by atoms with E-state index >= 15 is 0 Å². The highest BCUT2D eigenvalue weighted by Gasteiger charge is 2.47. The van der Waals surface area contributed by atoms with Crippen molar-refractivity contribution < 1.29 is 42.1 Å². The number of Topliss-reactive ketones (excluding diaryl/α,β-unsaturated/α-hetero) is 1. The maximum absolute atomic E-state index is 13.3. The van der Waals surface area contributed by atoms with Crippen molar-refractivity contribution in [2.45, 2.75) is 19.3 Å². The van der Waals surface area contributed by atoms with E-state index < -0.39 is 35.6 Å². The highest BCUT2D eigenvalue weighted by molar-refractivity contribution is 6.51. The second-order valence-corrected chi connectivity index (χ2v) is 8.19. The smallest absolute Gasteiger partial charge is 0.507 e. The normalized spacial score (nSPS) is 17.1. The summed E-state index contributed by atoms with van der Waals surface area (Å²) in [6.07, 6.45) is -4.95. The topological polar surface area (TPSA) is 85.3 Å². The van der Waals surface area contributed by atoms with Gasteiger partial charge >= 0.3 is 6.36 Å². The Hall–Kier alpha value is -4.47. The maximum Gasteiger partial charge on any atom is 0.573 e. The minimum Gasteiger partial charge on any atom is -0.507 e. The van der Waals surface area contributed by atoms with Gasteiger partial charge in [0.15, 0.2) is 0 Å². The Morgan fingerprint density at radius 2 is 1.65 bits per heavy atom. The number of carbonyl (C=O) groups excluding carboxylic acids is 2. The van der Waals surface area contributed by atoms with E-state index in [9.17, 15) is 27.9 Å². The van der Waals surface area contributed by atoms with Crippen molar-refractivity contribution in [3.05, 3.63) is 89.0 Å². The molecule has 10 heteroatoms. The number of alkyl halides is 3. The monoisotopic (exact) mass is 513 g/mol. The van der Waals surface area contributed by atoms with E-state index in [1.807, 2.05) is 0 Å². The van der Waals surface area contributed by atoms with Crippen molar-refractivity contribution in [3.8, 4) is 17.2 Å². The molecule has 0 aliphatic carbocycles. The first-order valence-corrected chi connectivity index (χ1v) is 11.0. The van der Waals surface area contributed by atoms with Gasteiger partial charge < -0.3 is 19.3 Å². The van der Waals surface area contributed by atoms with Gasteiger partial charge in [-0.15, -0.1) is 13.2 Å². The molecule has 1 fully saturated rings. The second-order valence-electron chi connectivity index (χ2n) is 8.19. The standard InChI is InChI=1S/C27H22F3NO6/c1-15-6-4-7-16(12-15)23-22(24(32)20-14-18(35-2)10-11-21(20)36-3)25(33)26(34)31(23)17-8-5-9-19(13-17)37-27(28,29)30/h4-14,23,32H,1-3H3/b24-22+. The van der Waals surface area contributed by atoms with Gasteiger partial charge in [-0.25, -0.2) is 0 Å². The Labute approximate surface area is 210 Å². The van der Waals surface area contributed by atoms with Crippen molar-refractivity contribution in [1.29, 1.82) is 0 Å². The number of carbonyl (C=O) groups is 2. The van der Waals surface area contributed by atoms with E-state index in [1.54, 1.807) is 37.3 Å². The summed E-state index contributed by atoms with van der Waals surface area (Å²) in [7, 11) is 2.80. The van der Waals surface area contributed by atoms with E-state index in [2.05, 4.69) is 4.74 Å². The summed E-state index contributed by atoms with van der Waals surface area (Å²) in [4.78, 5) is 27.7. The number of aliphatic hydroxyl groups excluding tert-OH is 1. The molecule has 3 aromatic rings. The number of hydrogen-bond acceptors (Lipinski definition) is 6. The molecule has 37 heavy (non-hydrogen) atoms. The molecular formula is C27H22F3NO6. The Morgan fingerprint density at radius 3 is 2.30 bits per heavy atom. The summed E-state index contributed by atoms with van der Waals surface area (Å²) in [5.41, 5.74) is 1.09. The largest absolute Gasteiger partial charge is 0.573 e. The van der Waals surface area contributed by atoms with Gasteiger partial charge in [-0.05, 0) is 42.8 Å². The molecule has 0 saturated carbocycles. The third kappa shape index (κ3) is 5.09. The molecule has 1 unspecified atom stereocenters. The van der Waals surface area contributed by atoms with Crippen LogP contribution in [0.15, 0.2) is 72.3 Å². The van der Waals surface area contributed by atoms with Crippen molar-refractivity contribution in [1.82, 2.24) is 0 Å². The Bertz CT molecular complexity index is 1400. The number of hydrogen-bond donors (Lipinski definition) is 1. The van der Waals surface area contributed by atoms with Gasteiger partial charge in [0.1, 0.15) is 23.0 Å². The first-order valence-electron chi connectivity index (χ1n) is 11.0. The summed E-state index contributed by atoms with van der Waals surface area (Å²) in [6.45, 7) is 1.80. The molecule has 0 spiro atoms. The number of amides is 1. The van der Waals surface area contributed by atoms with E-state index in [0.717, 1.165) is 22.6 Å². The molecule has 1 aliphatic rings. The average molecular weight is 513 g/mol. The summed E-state index contributed by atoms with van der Waals surface area (Å²) >= 11 is 0. The van der Waals surface area contributed by atoms with Gasteiger partial charge in [-0.1, -0.05) is 35.9 Å². The molecule has 3 aromatic carbocycles. The van der Waals surface area contributed by atoms with Gasteiger partial charge in [-0.2, -0.15) is 0 Å². The van der Waals surface area contributed by atoms with E-state index in [1.165, 1.54) is 38.5 Å². The van der Waals surface area contributed by atoms with Crippen LogP contribution in [0.2, 0.25) is 0 Å². The zero-order valence-electron chi connectivity index (χ0n) is 20.0. The molecule has 1 saturated heterocycles. The number of aliphatic hydroxyl groups is 1. The fourth-order valence-electron chi connectivity index (χ4n) is 4.23. The molecule has 1 heterocycles. The first kappa shape index (κ1) is 25.6. The number of rotatable bonds is 6. The van der Waals surface area contributed by atoms with Gasteiger partial charge in [0, 0.05) is 11.8 Å². The summed E-state index contributed by atoms with van der Waals surface area (Å²) in [6, 6.07) is 15.0. The van der Waals surface area contributed by atoms with Gasteiger partial charge in [0.05, 0.1) is 31.4 Å². The average Bonchev–Trinajstić information content (AvgIpc) is 3.12. The van der Waals surface area contributed by atoms with Crippen LogP contribution in [0.3, 0.4) is 0 Å². The van der Waals surface area contributed by atoms with Crippen LogP contribution < -0.4 is 19.1 Å². The summed E-state index contributed by atoms with van der Waals surface area (Å²) < 4.78 is 53.1. The van der Waals surface area contributed by atoms with E-state index in [-0.39, 0.29) is 22.6 Å². The highest BCUT2D eigenvalue weighted by Crippen LogP contribution is 2.44. The van der Waals surface area contributed by atoms with Gasteiger partial charge in [0.2, 0.25) is 0 Å². The molecule has 192 valence electrons. The quantitative estimate of drug-likeness (QED) is 0.265. The predicted molar refractivity (Wildman–Crippen MR) is 129 cm³/mol. The Kier molecular flexibility index (Phi) is 6.84. The van der Waals surface area contributed by atoms with Crippen LogP contribution in [0.5, 0.6) is 17.2 Å². The van der Waals surface area contributed by atoms with Crippen LogP contribution in [0.1, 0.15) is 22.7 Å². The Balaban J connectivity index is 1.95. The molecule has 0 radical (unpaired) electrons. The molecule has 1 amide bonds. The SMILES string of the molecule is COc1ccc(OC)c(/C(O)=C2\C(=O)C(=O)N(c3cccc(OC(F)(F)F)c3)C2c2cccc(C)c2)c1. The Morgan fingerprint density at radius 1 is 0.919 bits per heavy atom. The number of halogens is 3. The molecule has 7 nitrogen and oxygen atoms in total. The lowest BCUT2D eigenvalue weighted by Gasteiger charge is -2.26. The maximum atomic E-state index is 13.3. The highest BCUT2D eigenvalue weighted by atomic mass is 19.4. The molecular weight excluding hydrogens is 491 g/mol. The molecule has 1 atom stereocenters. The minimum absolute atomic E-state index is 0.0213. The molecule has 4 rings (SSSR count). The van der Waals surface area contributed by atoms with Gasteiger partial charge in [-0.3, -0.25) is 14.5 Å². The molecule has 0 aromatic heterocycles. The zero-order valence-corrected chi connectivity index (χ0v) is 20.0. The van der Waals surface area contributed by atoms with Crippen LogP contribution in [0.25, 0.3) is 5.76 Å². The third-order valence-corrected chi connectivity index (χ3v) is 5.79. The van der Waals surface area contributed by atoms with Gasteiger partial charge in [0.25, 0.3) is 11.7 Å². The molecule has 1 N–H and O–H groups in total. The second kappa shape index (κ2) is 9.88. The minimum atomic E-state index is -4.95. The zero-order chi connectivity index (χ0) is 26.9. The lowest BCUT2D eigenvalue weighted by molar-refractivity contribution is -0.274. The fourth-order valence-corrected chi connectivity index (χ4v) is 4.23. The van der Waals surface area contributed by atoms with Crippen LogP contribution in [0.4, 0.5) is 18.9 Å². The van der Waals surface area contributed by atoms with E-state index in [4.69, 9.17) is 9.47 Å². The van der Waals surface area contributed by atoms with Crippen molar-refractivity contribution >= 4 is 23.1 Å². The fraction of sp³-hybridized carbons (Fsp3) is 0.185. The van der Waals surface area contributed by atoms with Crippen LogP contribution in [-0.2, 0) is 9.59 Å². The number of benzene rings is 3. The number of aryl methyl sites for hydroxylation is 1. The number of methoxy groups -OCH3 is 2. The lowest BCUT2D eigenvalue weighted by Crippen LogP contribution is -2.29. The van der Waals surface area contributed by atoms with Crippen molar-refractivity contribution in [2.24, 2.45) is 0 Å². The van der Waals surface area contributed by atoms with Crippen molar-refractivity contribution in [2.75, 3.05) is 19.1 Å². The summed E-state index contributed by atoms with van der Waals surface area (Å²) in [5.74, 6) is -2.56. The number of nitrogens with zero attached hydrogens (tertiary/aromatic N) is 1. The van der Waals surface area contributed by atoms with Crippen LogP contribution >= 0.6 is 0 Å². The lowest BCUT2D eigenvalue weighted by atomic mass is 9.94. The molecule has 0 bridgehead atoms. The number of anilines is 1. The third-order valence-electron chi connectivity index (χ3n) is 5.79. The predicted octanol–water partition coefficient (Wildman–Crippen LogP) is 5.54.